The molecule has 4 aliphatic rings. The lowest BCUT2D eigenvalue weighted by atomic mass is 9.47. The Morgan fingerprint density at radius 1 is 0.796 bits per heavy atom. The molecule has 0 N–H and O–H groups in total. The van der Waals surface area contributed by atoms with Crippen LogP contribution in [0, 0.1) is 46.3 Å². The van der Waals surface area contributed by atoms with Gasteiger partial charge in [-0.25, -0.2) is 0 Å². The van der Waals surface area contributed by atoms with E-state index >= 15 is 0 Å². The molecule has 0 saturated heterocycles. The van der Waals surface area contributed by atoms with Crippen LogP contribution < -0.4 is 0 Å². The predicted octanol–water partition coefficient (Wildman–Crippen LogP) is 14.3. The molecule has 4 aliphatic carbocycles. The molecule has 49 heavy (non-hydrogen) atoms. The molecule has 2 nitrogen and oxygen atoms in total. The van der Waals surface area contributed by atoms with Crippen LogP contribution in [0.4, 0.5) is 0 Å². The van der Waals surface area contributed by atoms with Crippen molar-refractivity contribution in [2.75, 3.05) is 0 Å². The van der Waals surface area contributed by atoms with Crippen LogP contribution in [0.2, 0.25) is 0 Å². The van der Waals surface area contributed by atoms with Crippen LogP contribution in [0.5, 0.6) is 0 Å². The molecular formula is C47H78O2. The first kappa shape index (κ1) is 40.2. The second-order valence-electron chi connectivity index (χ2n) is 18.0. The first-order chi connectivity index (χ1) is 23.7. The van der Waals surface area contributed by atoms with Crippen molar-refractivity contribution in [2.24, 2.45) is 46.3 Å². The highest BCUT2D eigenvalue weighted by Crippen LogP contribution is 2.67. The lowest BCUT2D eigenvalue weighted by molar-refractivity contribution is -0.151. The van der Waals surface area contributed by atoms with Crippen LogP contribution >= 0.6 is 0 Å². The van der Waals surface area contributed by atoms with Crippen LogP contribution in [0.25, 0.3) is 0 Å². The molecule has 0 unspecified atom stereocenters. The molecule has 0 heterocycles. The number of unbranched alkanes of at least 4 members (excludes halogenated alkanes) is 7. The van der Waals surface area contributed by atoms with Gasteiger partial charge in [0, 0.05) is 12.8 Å². The Morgan fingerprint density at radius 3 is 2.22 bits per heavy atom. The average Bonchev–Trinajstić information content (AvgIpc) is 3.43. The highest BCUT2D eigenvalue weighted by molar-refractivity contribution is 5.69. The van der Waals surface area contributed by atoms with Gasteiger partial charge in [-0.05, 0) is 130 Å². The van der Waals surface area contributed by atoms with E-state index in [1.165, 1.54) is 96.3 Å². The van der Waals surface area contributed by atoms with Crippen molar-refractivity contribution in [3.05, 3.63) is 48.1 Å². The first-order valence-corrected chi connectivity index (χ1v) is 21.5. The molecule has 0 amide bonds. The van der Waals surface area contributed by atoms with E-state index in [1.807, 2.05) is 0 Å². The van der Waals surface area contributed by atoms with E-state index < -0.39 is 0 Å². The van der Waals surface area contributed by atoms with Crippen molar-refractivity contribution in [3.8, 4) is 0 Å². The Kier molecular flexibility index (Phi) is 16.8. The number of carbonyl (C=O) groups is 1. The minimum Gasteiger partial charge on any atom is -0.462 e. The molecule has 0 aromatic heterocycles. The van der Waals surface area contributed by atoms with Gasteiger partial charge in [-0.1, -0.05) is 141 Å². The summed E-state index contributed by atoms with van der Waals surface area (Å²) in [7, 11) is 0. The predicted molar refractivity (Wildman–Crippen MR) is 211 cm³/mol. The summed E-state index contributed by atoms with van der Waals surface area (Å²) in [6.45, 7) is 14.8. The maximum absolute atomic E-state index is 12.8. The number of hydrogen-bond donors (Lipinski definition) is 0. The zero-order valence-corrected chi connectivity index (χ0v) is 33.2. The Labute approximate surface area is 304 Å². The molecule has 3 fully saturated rings. The maximum Gasteiger partial charge on any atom is 0.306 e. The molecule has 0 aromatic rings. The van der Waals surface area contributed by atoms with Crippen LogP contribution in [0.15, 0.2) is 48.1 Å². The fourth-order valence-corrected chi connectivity index (χ4v) is 11.2. The Bertz CT molecular complexity index is 1090. The molecule has 0 bridgehead atoms. The van der Waals surface area contributed by atoms with E-state index in [-0.39, 0.29) is 12.1 Å². The summed E-state index contributed by atoms with van der Waals surface area (Å²) in [6, 6.07) is 0. The number of carbonyl (C=O) groups excluding carboxylic acids is 1. The zero-order valence-electron chi connectivity index (χ0n) is 33.2. The summed E-state index contributed by atoms with van der Waals surface area (Å²) >= 11 is 0. The molecule has 4 rings (SSSR count). The quantitative estimate of drug-likeness (QED) is 0.0688. The van der Waals surface area contributed by atoms with Crippen molar-refractivity contribution in [1.29, 1.82) is 0 Å². The van der Waals surface area contributed by atoms with Crippen LogP contribution in [-0.4, -0.2) is 12.1 Å². The van der Waals surface area contributed by atoms with E-state index in [2.05, 4.69) is 84.1 Å². The molecule has 2 heteroatoms. The van der Waals surface area contributed by atoms with Gasteiger partial charge in [0.2, 0.25) is 0 Å². The van der Waals surface area contributed by atoms with Gasteiger partial charge in [-0.2, -0.15) is 0 Å². The molecule has 0 aromatic carbocycles. The van der Waals surface area contributed by atoms with E-state index in [4.69, 9.17) is 4.74 Å². The number of ether oxygens (including phenoxy) is 1. The normalized spacial score (nSPS) is 32.1. The van der Waals surface area contributed by atoms with Crippen LogP contribution in [0.3, 0.4) is 0 Å². The summed E-state index contributed by atoms with van der Waals surface area (Å²) < 4.78 is 6.13. The Hall–Kier alpha value is -1.57. The number of rotatable bonds is 21. The number of esters is 1. The smallest absolute Gasteiger partial charge is 0.306 e. The van der Waals surface area contributed by atoms with Gasteiger partial charge in [0.25, 0.3) is 0 Å². The minimum absolute atomic E-state index is 0.0508. The third kappa shape index (κ3) is 11.5. The van der Waals surface area contributed by atoms with E-state index in [1.54, 1.807) is 5.57 Å². The third-order valence-corrected chi connectivity index (χ3v) is 14.1. The lowest BCUT2D eigenvalue weighted by Gasteiger charge is -2.58. The summed E-state index contributed by atoms with van der Waals surface area (Å²) in [5, 5.41) is 0. The van der Waals surface area contributed by atoms with Gasteiger partial charge >= 0.3 is 5.97 Å². The molecule has 3 saturated carbocycles. The fourth-order valence-electron chi connectivity index (χ4n) is 11.2. The van der Waals surface area contributed by atoms with Crippen molar-refractivity contribution in [1.82, 2.24) is 0 Å². The largest absolute Gasteiger partial charge is 0.462 e. The second kappa shape index (κ2) is 20.5. The SMILES string of the molecule is CC/C=C\C/C=C\C/C=C\CCCCCCCCCC(=O)O[C@H]1CC[C@@]2(C)C(=CC[C@H]3[C@@H]4CC[C@H]([C@H](C)CCCC(C)C)[C@@]4(C)CC[C@@H]32)C1. The lowest BCUT2D eigenvalue weighted by Crippen LogP contribution is -2.51. The summed E-state index contributed by atoms with van der Waals surface area (Å²) in [6.07, 6.45) is 44.6. The van der Waals surface area contributed by atoms with E-state index in [0.717, 1.165) is 80.5 Å². The highest BCUT2D eigenvalue weighted by atomic mass is 16.5. The number of fused-ring (bicyclic) bond motifs is 5. The van der Waals surface area contributed by atoms with Gasteiger partial charge in [0.15, 0.2) is 0 Å². The molecule has 0 aliphatic heterocycles. The van der Waals surface area contributed by atoms with Crippen molar-refractivity contribution >= 4 is 5.97 Å². The molecule has 0 radical (unpaired) electrons. The standard InChI is InChI=1S/C47H78O2/c1-7-8-9-10-11-12-13-14-15-16-17-18-19-20-21-22-23-27-45(48)49-40-32-34-46(5)39(36-40)28-29-41-43-31-30-42(38(4)26-24-25-37(2)3)47(43,6)35-33-44(41)46/h8-9,11-12,14-15,28,37-38,40-44H,7,10,13,16-27,29-36H2,1-6H3/b9-8-,12-11-,15-14-/t38-,40+,41+,42-,43+,44+,46+,47-/m1/s1. The molecular weight excluding hydrogens is 597 g/mol. The van der Waals surface area contributed by atoms with Gasteiger partial charge in [0.1, 0.15) is 6.10 Å². The molecule has 278 valence electrons. The van der Waals surface area contributed by atoms with Gasteiger partial charge in [-0.15, -0.1) is 0 Å². The summed E-state index contributed by atoms with van der Waals surface area (Å²) in [5.41, 5.74) is 2.52. The van der Waals surface area contributed by atoms with Gasteiger partial charge < -0.3 is 4.74 Å². The van der Waals surface area contributed by atoms with E-state index in [9.17, 15) is 4.79 Å². The van der Waals surface area contributed by atoms with Crippen LogP contribution in [0.1, 0.15) is 189 Å². The second-order valence-corrected chi connectivity index (χ2v) is 18.0. The fraction of sp³-hybridized carbons (Fsp3) is 0.809. The number of hydrogen-bond acceptors (Lipinski definition) is 2. The summed E-state index contributed by atoms with van der Waals surface area (Å²) in [4.78, 5) is 12.8. The van der Waals surface area contributed by atoms with Gasteiger partial charge in [0.05, 0.1) is 0 Å². The molecule has 8 atom stereocenters. The Morgan fingerprint density at radius 2 is 1.49 bits per heavy atom. The average molecular weight is 675 g/mol. The first-order valence-electron chi connectivity index (χ1n) is 21.5. The Balaban J connectivity index is 1.09. The van der Waals surface area contributed by atoms with Crippen molar-refractivity contribution < 1.29 is 9.53 Å². The van der Waals surface area contributed by atoms with Crippen molar-refractivity contribution in [3.63, 3.8) is 0 Å². The third-order valence-electron chi connectivity index (χ3n) is 14.1. The minimum atomic E-state index is 0.0508. The highest BCUT2D eigenvalue weighted by Gasteiger charge is 2.59. The van der Waals surface area contributed by atoms with Crippen LogP contribution in [-0.2, 0) is 9.53 Å². The van der Waals surface area contributed by atoms with Crippen molar-refractivity contribution in [2.45, 2.75) is 195 Å². The number of allylic oxidation sites excluding steroid dienone is 7. The zero-order chi connectivity index (χ0) is 35.1. The van der Waals surface area contributed by atoms with E-state index in [0.29, 0.717) is 17.3 Å². The maximum atomic E-state index is 12.8. The topological polar surface area (TPSA) is 26.3 Å². The molecule has 0 spiro atoms. The monoisotopic (exact) mass is 675 g/mol. The summed E-state index contributed by atoms with van der Waals surface area (Å²) in [5.74, 6) is 5.29. The van der Waals surface area contributed by atoms with Gasteiger partial charge in [-0.3, -0.25) is 4.79 Å².